The molecule has 2 rings (SSSR count). The summed E-state index contributed by atoms with van der Waals surface area (Å²) >= 11 is 6.66. The number of halogens is 2. The predicted molar refractivity (Wildman–Crippen MR) is 72.8 cm³/mol. The second-order valence-corrected chi connectivity index (χ2v) is 5.28. The minimum atomic E-state index is 0.247. The summed E-state index contributed by atoms with van der Waals surface area (Å²) < 4.78 is 1.43. The van der Waals surface area contributed by atoms with Crippen LogP contribution in [-0.2, 0) is 6.42 Å². The molecule has 0 spiro atoms. The van der Waals surface area contributed by atoms with Crippen molar-refractivity contribution in [2.24, 2.45) is 0 Å². The first kappa shape index (κ1) is 11.7. The zero-order valence-corrected chi connectivity index (χ0v) is 11.6. The van der Waals surface area contributed by atoms with Crippen LogP contribution in [0.4, 0.5) is 0 Å². The Labute approximate surface area is 111 Å². The first-order chi connectivity index (χ1) is 7.66. The number of phenolic OH excluding ortho intramolecular Hbond substituents is 1. The Kier molecular flexibility index (Phi) is 3.66. The summed E-state index contributed by atoms with van der Waals surface area (Å²) in [6, 6.07) is 14.1. The summed E-state index contributed by atoms with van der Waals surface area (Å²) in [6.07, 6.45) is 0.859. The lowest BCUT2D eigenvalue weighted by Crippen LogP contribution is -1.88. The molecule has 1 N–H and O–H groups in total. The van der Waals surface area contributed by atoms with Gasteiger partial charge in [0.2, 0.25) is 0 Å². The van der Waals surface area contributed by atoms with Crippen LogP contribution in [0, 0.1) is 0 Å². The van der Waals surface area contributed by atoms with E-state index in [2.05, 4.69) is 44.0 Å². The molecular formula is C13H10Br2O. The van der Waals surface area contributed by atoms with E-state index in [1.54, 1.807) is 0 Å². The first-order valence-corrected chi connectivity index (χ1v) is 6.46. The van der Waals surface area contributed by atoms with Crippen molar-refractivity contribution in [1.29, 1.82) is 0 Å². The average molecular weight is 342 g/mol. The minimum absolute atomic E-state index is 0.247. The molecule has 16 heavy (non-hydrogen) atoms. The van der Waals surface area contributed by atoms with Crippen molar-refractivity contribution in [2.45, 2.75) is 6.42 Å². The Hall–Kier alpha value is -0.800. The van der Waals surface area contributed by atoms with Crippen molar-refractivity contribution in [1.82, 2.24) is 0 Å². The van der Waals surface area contributed by atoms with Crippen LogP contribution < -0.4 is 0 Å². The van der Waals surface area contributed by atoms with Gasteiger partial charge in [-0.05, 0) is 61.5 Å². The second-order valence-electron chi connectivity index (χ2n) is 3.57. The maximum Gasteiger partial charge on any atom is 0.143 e. The molecule has 0 unspecified atom stereocenters. The van der Waals surface area contributed by atoms with Crippen molar-refractivity contribution in [3.05, 3.63) is 62.5 Å². The molecule has 0 radical (unpaired) electrons. The van der Waals surface area contributed by atoms with Gasteiger partial charge in [0.05, 0.1) is 8.95 Å². The van der Waals surface area contributed by atoms with Gasteiger partial charge in [-0.1, -0.05) is 30.3 Å². The van der Waals surface area contributed by atoms with E-state index in [0.29, 0.717) is 8.95 Å². The van der Waals surface area contributed by atoms with Gasteiger partial charge in [-0.2, -0.15) is 0 Å². The number of benzene rings is 2. The first-order valence-electron chi connectivity index (χ1n) is 4.87. The Bertz CT molecular complexity index is 472. The molecule has 0 aliphatic rings. The number of phenols is 1. The van der Waals surface area contributed by atoms with Crippen LogP contribution in [0.2, 0.25) is 0 Å². The summed E-state index contributed by atoms with van der Waals surface area (Å²) in [4.78, 5) is 0. The molecule has 2 aromatic rings. The normalized spacial score (nSPS) is 10.4. The van der Waals surface area contributed by atoms with E-state index >= 15 is 0 Å². The van der Waals surface area contributed by atoms with Crippen LogP contribution >= 0.6 is 31.9 Å². The molecular weight excluding hydrogens is 332 g/mol. The van der Waals surface area contributed by atoms with Crippen molar-refractivity contribution < 1.29 is 5.11 Å². The highest BCUT2D eigenvalue weighted by atomic mass is 79.9. The number of hydrogen-bond acceptors (Lipinski definition) is 1. The lowest BCUT2D eigenvalue weighted by atomic mass is 10.1. The van der Waals surface area contributed by atoms with Crippen LogP contribution in [0.15, 0.2) is 51.4 Å². The van der Waals surface area contributed by atoms with Gasteiger partial charge < -0.3 is 5.11 Å². The third-order valence-electron chi connectivity index (χ3n) is 2.33. The van der Waals surface area contributed by atoms with Gasteiger partial charge in [0.15, 0.2) is 0 Å². The van der Waals surface area contributed by atoms with Crippen LogP contribution in [0.25, 0.3) is 0 Å². The Morgan fingerprint density at radius 3 is 2.00 bits per heavy atom. The number of hydrogen-bond donors (Lipinski definition) is 1. The maximum atomic E-state index is 9.60. The molecule has 0 bridgehead atoms. The lowest BCUT2D eigenvalue weighted by molar-refractivity contribution is 0.468. The van der Waals surface area contributed by atoms with E-state index < -0.39 is 0 Å². The predicted octanol–water partition coefficient (Wildman–Crippen LogP) is 4.51. The fraction of sp³-hybridized carbons (Fsp3) is 0.0769. The van der Waals surface area contributed by atoms with E-state index in [-0.39, 0.29) is 5.75 Å². The molecule has 1 nitrogen and oxygen atoms in total. The third kappa shape index (κ3) is 2.66. The third-order valence-corrected chi connectivity index (χ3v) is 3.54. The summed E-state index contributed by atoms with van der Waals surface area (Å²) in [5, 5.41) is 9.60. The fourth-order valence-electron chi connectivity index (χ4n) is 1.55. The fourth-order valence-corrected chi connectivity index (χ4v) is 2.83. The standard InChI is InChI=1S/C13H10Br2O/c14-11-7-10(8-12(15)13(11)16)6-9-4-2-1-3-5-9/h1-5,7-8,16H,6H2. The molecule has 0 aliphatic heterocycles. The molecule has 0 amide bonds. The van der Waals surface area contributed by atoms with Gasteiger partial charge in [0, 0.05) is 0 Å². The summed E-state index contributed by atoms with van der Waals surface area (Å²) in [5.41, 5.74) is 2.41. The van der Waals surface area contributed by atoms with Crippen LogP contribution in [0.3, 0.4) is 0 Å². The van der Waals surface area contributed by atoms with Crippen molar-refractivity contribution in [3.63, 3.8) is 0 Å². The summed E-state index contributed by atoms with van der Waals surface area (Å²) in [5.74, 6) is 0.247. The van der Waals surface area contributed by atoms with E-state index in [9.17, 15) is 5.11 Å². The van der Waals surface area contributed by atoms with E-state index in [0.717, 1.165) is 12.0 Å². The Morgan fingerprint density at radius 1 is 0.875 bits per heavy atom. The number of rotatable bonds is 2. The summed E-state index contributed by atoms with van der Waals surface area (Å²) in [7, 11) is 0. The smallest absolute Gasteiger partial charge is 0.143 e. The molecule has 0 atom stereocenters. The number of aromatic hydroxyl groups is 1. The van der Waals surface area contributed by atoms with Gasteiger partial charge in [-0.3, -0.25) is 0 Å². The van der Waals surface area contributed by atoms with Crippen LogP contribution in [0.1, 0.15) is 11.1 Å². The summed E-state index contributed by atoms with van der Waals surface area (Å²) in [6.45, 7) is 0. The highest BCUT2D eigenvalue weighted by Gasteiger charge is 2.06. The zero-order valence-electron chi connectivity index (χ0n) is 8.45. The topological polar surface area (TPSA) is 20.2 Å². The van der Waals surface area contributed by atoms with Gasteiger partial charge in [0.1, 0.15) is 5.75 Å². The molecule has 0 aromatic heterocycles. The SMILES string of the molecule is Oc1c(Br)cc(Cc2ccccc2)cc1Br. The quantitative estimate of drug-likeness (QED) is 0.852. The molecule has 0 aliphatic carbocycles. The molecule has 0 saturated heterocycles. The van der Waals surface area contributed by atoms with Crippen molar-refractivity contribution in [2.75, 3.05) is 0 Å². The Morgan fingerprint density at radius 2 is 1.44 bits per heavy atom. The monoisotopic (exact) mass is 340 g/mol. The zero-order chi connectivity index (χ0) is 11.5. The van der Waals surface area contributed by atoms with E-state index in [1.165, 1.54) is 5.56 Å². The largest absolute Gasteiger partial charge is 0.506 e. The Balaban J connectivity index is 2.29. The van der Waals surface area contributed by atoms with Gasteiger partial charge in [0.25, 0.3) is 0 Å². The molecule has 0 saturated carbocycles. The molecule has 3 heteroatoms. The van der Waals surface area contributed by atoms with Gasteiger partial charge in [-0.25, -0.2) is 0 Å². The van der Waals surface area contributed by atoms with Crippen LogP contribution in [-0.4, -0.2) is 5.11 Å². The molecule has 82 valence electrons. The van der Waals surface area contributed by atoms with Crippen LogP contribution in [0.5, 0.6) is 5.75 Å². The highest BCUT2D eigenvalue weighted by molar-refractivity contribution is 9.11. The second kappa shape index (κ2) is 5.02. The maximum absolute atomic E-state index is 9.60. The highest BCUT2D eigenvalue weighted by Crippen LogP contribution is 2.33. The van der Waals surface area contributed by atoms with Crippen molar-refractivity contribution >= 4 is 31.9 Å². The molecule has 2 aromatic carbocycles. The van der Waals surface area contributed by atoms with Gasteiger partial charge in [-0.15, -0.1) is 0 Å². The minimum Gasteiger partial charge on any atom is -0.506 e. The lowest BCUT2D eigenvalue weighted by Gasteiger charge is -2.06. The van der Waals surface area contributed by atoms with E-state index in [1.807, 2.05) is 30.3 Å². The average Bonchev–Trinajstić information content (AvgIpc) is 2.27. The molecule has 0 fully saturated rings. The van der Waals surface area contributed by atoms with Crippen molar-refractivity contribution in [3.8, 4) is 5.75 Å². The molecule has 0 heterocycles. The van der Waals surface area contributed by atoms with E-state index in [4.69, 9.17) is 0 Å². The van der Waals surface area contributed by atoms with Gasteiger partial charge >= 0.3 is 0 Å².